The second-order valence-corrected chi connectivity index (χ2v) is 5.86. The molecule has 3 rings (SSSR count). The third-order valence-corrected chi connectivity index (χ3v) is 4.43. The van der Waals surface area contributed by atoms with Gasteiger partial charge in [-0.15, -0.1) is 0 Å². The molecule has 0 saturated carbocycles. The summed E-state index contributed by atoms with van der Waals surface area (Å²) in [7, 11) is 0. The van der Waals surface area contributed by atoms with Crippen molar-refractivity contribution in [2.24, 2.45) is 0 Å². The second-order valence-electron chi connectivity index (χ2n) is 5.52. The molecule has 6 heteroatoms. The summed E-state index contributed by atoms with van der Waals surface area (Å²) in [6.07, 6.45) is 4.72. The smallest absolute Gasteiger partial charge is 0.229 e. The Bertz CT molecular complexity index is 637. The van der Waals surface area contributed by atoms with Crippen LogP contribution in [0.2, 0.25) is 5.22 Å². The minimum atomic E-state index is 0.0905. The molecule has 1 aliphatic rings. The number of rotatable bonds is 4. The minimum Gasteiger partial charge on any atom is -0.344 e. The van der Waals surface area contributed by atoms with Crippen LogP contribution in [0.1, 0.15) is 42.3 Å². The van der Waals surface area contributed by atoms with E-state index in [9.17, 15) is 4.79 Å². The van der Waals surface area contributed by atoms with E-state index in [4.69, 9.17) is 16.1 Å². The number of hydrogen-bond acceptors (Lipinski definition) is 4. The van der Waals surface area contributed by atoms with E-state index in [1.165, 1.54) is 0 Å². The van der Waals surface area contributed by atoms with Gasteiger partial charge >= 0.3 is 0 Å². The van der Waals surface area contributed by atoms with Gasteiger partial charge in [0.15, 0.2) is 0 Å². The summed E-state index contributed by atoms with van der Waals surface area (Å²) in [6, 6.07) is 5.93. The first-order chi connectivity index (χ1) is 10.7. The first-order valence-electron chi connectivity index (χ1n) is 7.48. The van der Waals surface area contributed by atoms with Gasteiger partial charge in [0.25, 0.3) is 0 Å². The highest BCUT2D eigenvalue weighted by atomic mass is 35.5. The number of aromatic nitrogens is 2. The number of carbonyl (C=O) groups is 1. The fourth-order valence-electron chi connectivity index (χ4n) is 2.96. The molecule has 0 radical (unpaired) electrons. The van der Waals surface area contributed by atoms with Crippen LogP contribution < -0.4 is 0 Å². The maximum absolute atomic E-state index is 12.6. The van der Waals surface area contributed by atoms with Crippen LogP contribution in [0.5, 0.6) is 0 Å². The van der Waals surface area contributed by atoms with Crippen molar-refractivity contribution in [3.8, 4) is 0 Å². The number of likely N-dealkylation sites (tertiary alicyclic amines) is 1. The van der Waals surface area contributed by atoms with Crippen molar-refractivity contribution in [1.82, 2.24) is 15.0 Å². The first kappa shape index (κ1) is 15.0. The van der Waals surface area contributed by atoms with E-state index >= 15 is 0 Å². The molecular formula is C16H18ClN3O2. The number of halogens is 1. The summed E-state index contributed by atoms with van der Waals surface area (Å²) in [6.45, 7) is 2.62. The van der Waals surface area contributed by atoms with Crippen LogP contribution in [0.3, 0.4) is 0 Å². The quantitative estimate of drug-likeness (QED) is 0.867. The summed E-state index contributed by atoms with van der Waals surface area (Å²) < 4.78 is 4.92. The van der Waals surface area contributed by atoms with Gasteiger partial charge in [0.1, 0.15) is 0 Å². The molecule has 1 amide bonds. The van der Waals surface area contributed by atoms with Crippen molar-refractivity contribution in [1.29, 1.82) is 0 Å². The Morgan fingerprint density at radius 1 is 1.50 bits per heavy atom. The molecule has 22 heavy (non-hydrogen) atoms. The van der Waals surface area contributed by atoms with Gasteiger partial charge in [0.05, 0.1) is 17.4 Å². The van der Waals surface area contributed by atoms with Crippen LogP contribution in [0.4, 0.5) is 0 Å². The molecule has 0 spiro atoms. The van der Waals surface area contributed by atoms with Crippen molar-refractivity contribution in [3.63, 3.8) is 0 Å². The molecular weight excluding hydrogens is 302 g/mol. The predicted molar refractivity (Wildman–Crippen MR) is 82.5 cm³/mol. The van der Waals surface area contributed by atoms with Crippen molar-refractivity contribution >= 4 is 17.5 Å². The summed E-state index contributed by atoms with van der Waals surface area (Å²) in [4.78, 5) is 18.9. The number of nitrogens with zero attached hydrogens (tertiary/aromatic N) is 3. The lowest BCUT2D eigenvalue weighted by atomic mass is 10.1. The zero-order valence-electron chi connectivity index (χ0n) is 12.5. The highest BCUT2D eigenvalue weighted by Gasteiger charge is 2.30. The summed E-state index contributed by atoms with van der Waals surface area (Å²) in [5.74, 6) is 0.129. The summed E-state index contributed by atoms with van der Waals surface area (Å²) in [5.41, 5.74) is 2.54. The van der Waals surface area contributed by atoms with Crippen LogP contribution >= 0.6 is 11.6 Å². The summed E-state index contributed by atoms with van der Waals surface area (Å²) in [5, 5.41) is 4.10. The maximum atomic E-state index is 12.6. The topological polar surface area (TPSA) is 59.2 Å². The largest absolute Gasteiger partial charge is 0.344 e. The minimum absolute atomic E-state index is 0.0905. The highest BCUT2D eigenvalue weighted by Crippen LogP contribution is 2.31. The van der Waals surface area contributed by atoms with E-state index in [2.05, 4.69) is 10.1 Å². The molecule has 0 bridgehead atoms. The van der Waals surface area contributed by atoms with Crippen LogP contribution in [0.25, 0.3) is 0 Å². The van der Waals surface area contributed by atoms with Crippen LogP contribution in [0, 0.1) is 6.92 Å². The molecule has 0 N–H and O–H groups in total. The van der Waals surface area contributed by atoms with Gasteiger partial charge in [-0.3, -0.25) is 9.78 Å². The molecule has 0 unspecified atom stereocenters. The molecule has 116 valence electrons. The van der Waals surface area contributed by atoms with Crippen LogP contribution in [-0.4, -0.2) is 27.5 Å². The number of aryl methyl sites for hydroxylation is 1. The van der Waals surface area contributed by atoms with Gasteiger partial charge in [0, 0.05) is 24.7 Å². The molecule has 0 aromatic carbocycles. The fraction of sp³-hybridized carbons (Fsp3) is 0.438. The second kappa shape index (κ2) is 6.48. The average molecular weight is 320 g/mol. The zero-order valence-corrected chi connectivity index (χ0v) is 13.2. The Hall–Kier alpha value is -1.88. The Kier molecular flexibility index (Phi) is 4.43. The Morgan fingerprint density at radius 3 is 3.05 bits per heavy atom. The molecule has 0 aliphatic carbocycles. The monoisotopic (exact) mass is 319 g/mol. The zero-order chi connectivity index (χ0) is 15.5. The Balaban J connectivity index is 1.67. The number of carbonyl (C=O) groups excluding carboxylic acids is 1. The van der Waals surface area contributed by atoms with Crippen molar-refractivity contribution in [2.75, 3.05) is 6.54 Å². The van der Waals surface area contributed by atoms with Crippen molar-refractivity contribution < 1.29 is 9.32 Å². The normalized spacial score (nSPS) is 17.9. The number of pyridine rings is 1. The van der Waals surface area contributed by atoms with E-state index in [0.717, 1.165) is 36.3 Å². The molecule has 1 saturated heterocycles. The lowest BCUT2D eigenvalue weighted by Gasteiger charge is -2.24. The van der Waals surface area contributed by atoms with Gasteiger partial charge in [-0.2, -0.15) is 0 Å². The van der Waals surface area contributed by atoms with Crippen molar-refractivity contribution in [3.05, 3.63) is 46.6 Å². The summed E-state index contributed by atoms with van der Waals surface area (Å²) >= 11 is 5.95. The third-order valence-electron chi connectivity index (χ3n) is 4.13. The molecule has 2 aromatic heterocycles. The van der Waals surface area contributed by atoms with E-state index in [-0.39, 0.29) is 17.2 Å². The Morgan fingerprint density at radius 2 is 2.36 bits per heavy atom. The average Bonchev–Trinajstić information content (AvgIpc) is 3.14. The molecule has 1 fully saturated rings. The highest BCUT2D eigenvalue weighted by molar-refractivity contribution is 6.29. The Labute approximate surface area is 134 Å². The molecule has 1 atom stereocenters. The van der Waals surface area contributed by atoms with Crippen LogP contribution in [0.15, 0.2) is 28.9 Å². The molecule has 1 aliphatic heterocycles. The SMILES string of the molecule is Cc1noc(Cl)c1CCC(=O)N1CCC[C@@H]1c1ccccn1. The standard InChI is InChI=1S/C16H18ClN3O2/c1-11-12(16(17)22-19-11)7-8-15(21)20-10-4-6-14(20)13-5-2-3-9-18-13/h2-3,5,9,14H,4,6-8,10H2,1H3/t14-/m1/s1. The number of amides is 1. The van der Waals surface area contributed by atoms with E-state index in [1.54, 1.807) is 6.20 Å². The van der Waals surface area contributed by atoms with Gasteiger partial charge in [-0.25, -0.2) is 0 Å². The van der Waals surface area contributed by atoms with E-state index in [1.807, 2.05) is 30.0 Å². The molecule has 5 nitrogen and oxygen atoms in total. The fourth-order valence-corrected chi connectivity index (χ4v) is 3.23. The van der Waals surface area contributed by atoms with E-state index in [0.29, 0.717) is 12.8 Å². The van der Waals surface area contributed by atoms with Gasteiger partial charge in [0.2, 0.25) is 11.1 Å². The molecule has 3 heterocycles. The van der Waals surface area contributed by atoms with Gasteiger partial charge in [-0.1, -0.05) is 11.2 Å². The third kappa shape index (κ3) is 2.99. The number of hydrogen-bond donors (Lipinski definition) is 0. The van der Waals surface area contributed by atoms with E-state index < -0.39 is 0 Å². The predicted octanol–water partition coefficient (Wildman–Crippen LogP) is 3.33. The molecule has 2 aromatic rings. The van der Waals surface area contributed by atoms with Crippen molar-refractivity contribution in [2.45, 2.75) is 38.6 Å². The lowest BCUT2D eigenvalue weighted by Crippen LogP contribution is -2.31. The van der Waals surface area contributed by atoms with Gasteiger partial charge in [-0.05, 0) is 49.9 Å². The van der Waals surface area contributed by atoms with Crippen LogP contribution in [-0.2, 0) is 11.2 Å². The lowest BCUT2D eigenvalue weighted by molar-refractivity contribution is -0.132. The first-order valence-corrected chi connectivity index (χ1v) is 7.85. The van der Waals surface area contributed by atoms with Gasteiger partial charge < -0.3 is 9.42 Å². The maximum Gasteiger partial charge on any atom is 0.229 e.